The van der Waals surface area contributed by atoms with Crippen LogP contribution in [0.5, 0.6) is 0 Å². The molecule has 0 aliphatic carbocycles. The van der Waals surface area contributed by atoms with Gasteiger partial charge in [-0.2, -0.15) is 0 Å². The molecule has 0 fully saturated rings. The van der Waals surface area contributed by atoms with Gasteiger partial charge in [0.2, 0.25) is 0 Å². The summed E-state index contributed by atoms with van der Waals surface area (Å²) >= 11 is 5.89. The largest absolute Gasteiger partial charge is 0.491 e. The minimum atomic E-state index is -1.34. The van der Waals surface area contributed by atoms with Gasteiger partial charge in [-0.1, -0.05) is 35.9 Å². The third-order valence-electron chi connectivity index (χ3n) is 5.49. The molecule has 4 rings (SSSR count). The second-order valence-corrected chi connectivity index (χ2v) is 8.58. The van der Waals surface area contributed by atoms with E-state index in [1.165, 1.54) is 35.7 Å². The van der Waals surface area contributed by atoms with Crippen LogP contribution in [0.3, 0.4) is 0 Å². The maximum atomic E-state index is 15.5. The predicted octanol–water partition coefficient (Wildman–Crippen LogP) is 4.77. The molecular formula is C24H20BClF2N2O3. The fourth-order valence-corrected chi connectivity index (χ4v) is 3.82. The van der Waals surface area contributed by atoms with E-state index >= 15 is 4.39 Å². The lowest BCUT2D eigenvalue weighted by atomic mass is 9.77. The van der Waals surface area contributed by atoms with Crippen molar-refractivity contribution in [2.24, 2.45) is 0 Å². The summed E-state index contributed by atoms with van der Waals surface area (Å²) < 4.78 is 36.3. The van der Waals surface area contributed by atoms with Crippen molar-refractivity contribution < 1.29 is 23.3 Å². The summed E-state index contributed by atoms with van der Waals surface area (Å²) in [6.45, 7) is 4.73. The van der Waals surface area contributed by atoms with Gasteiger partial charge in [0.25, 0.3) is 0 Å². The van der Waals surface area contributed by atoms with Crippen LogP contribution in [-0.4, -0.2) is 27.3 Å². The van der Waals surface area contributed by atoms with E-state index in [9.17, 15) is 14.2 Å². The Morgan fingerprint density at radius 3 is 2.48 bits per heavy atom. The molecule has 0 saturated heterocycles. The van der Waals surface area contributed by atoms with E-state index in [1.54, 1.807) is 50.4 Å². The van der Waals surface area contributed by atoms with E-state index in [1.807, 2.05) is 0 Å². The molecule has 9 heteroatoms. The molecule has 2 heterocycles. The van der Waals surface area contributed by atoms with Gasteiger partial charge in [-0.05, 0) is 50.5 Å². The molecule has 0 unspecified atom stereocenters. The second kappa shape index (κ2) is 8.70. The third kappa shape index (κ3) is 4.42. The van der Waals surface area contributed by atoms with Gasteiger partial charge < -0.3 is 9.68 Å². The summed E-state index contributed by atoms with van der Waals surface area (Å²) in [4.78, 5) is 15.6. The number of carbonyl (C=O) groups is 1. The summed E-state index contributed by atoms with van der Waals surface area (Å²) in [7, 11) is -1.34. The Labute approximate surface area is 194 Å². The molecule has 0 radical (unpaired) electrons. The van der Waals surface area contributed by atoms with Crippen molar-refractivity contribution in [2.75, 3.05) is 0 Å². The number of ketones is 1. The van der Waals surface area contributed by atoms with Gasteiger partial charge >= 0.3 is 7.12 Å². The van der Waals surface area contributed by atoms with E-state index in [4.69, 9.17) is 16.3 Å². The Bertz CT molecular complexity index is 1360. The van der Waals surface area contributed by atoms with Crippen molar-refractivity contribution in [3.05, 3.63) is 88.7 Å². The van der Waals surface area contributed by atoms with E-state index in [2.05, 4.69) is 4.98 Å². The maximum Gasteiger partial charge on any atom is 0.491 e. The number of carbonyl (C=O) groups excluding carboxylic acids is 1. The molecule has 168 valence electrons. The van der Waals surface area contributed by atoms with Crippen molar-refractivity contribution in [1.29, 1.82) is 0 Å². The van der Waals surface area contributed by atoms with Gasteiger partial charge in [0.1, 0.15) is 5.82 Å². The van der Waals surface area contributed by atoms with Crippen molar-refractivity contribution in [3.8, 4) is 11.3 Å². The van der Waals surface area contributed by atoms with Crippen LogP contribution < -0.4 is 5.46 Å². The van der Waals surface area contributed by atoms with Gasteiger partial charge in [-0.15, -0.1) is 0 Å². The van der Waals surface area contributed by atoms with Crippen LogP contribution in [-0.2, 0) is 10.3 Å². The van der Waals surface area contributed by atoms with E-state index < -0.39 is 24.4 Å². The highest BCUT2D eigenvalue weighted by Crippen LogP contribution is 2.32. The Kier molecular flexibility index (Phi) is 6.09. The molecule has 1 N–H and O–H groups in total. The number of fused-ring (bicyclic) bond motifs is 1. The molecule has 0 saturated carbocycles. The minimum absolute atomic E-state index is 0.0422. The summed E-state index contributed by atoms with van der Waals surface area (Å²) in [6, 6.07) is 12.1. The quantitative estimate of drug-likeness (QED) is 0.327. The molecule has 0 aliphatic heterocycles. The van der Waals surface area contributed by atoms with Gasteiger partial charge in [0, 0.05) is 22.9 Å². The SMILES string of the molecule is CC(=O)c1ccc(B(O)OC(C)(C)c2ccn3c(-c4ccc(F)c(Cl)c4)cnc3c2F)cc1. The van der Waals surface area contributed by atoms with Crippen LogP contribution in [0.2, 0.25) is 5.02 Å². The molecule has 0 aliphatic rings. The first-order valence-electron chi connectivity index (χ1n) is 10.2. The number of nitrogens with zero attached hydrogens (tertiary/aromatic N) is 2. The number of hydrogen-bond acceptors (Lipinski definition) is 4. The first kappa shape index (κ1) is 23.1. The highest BCUT2D eigenvalue weighted by molar-refractivity contribution is 6.60. The van der Waals surface area contributed by atoms with Crippen LogP contribution in [0.4, 0.5) is 8.78 Å². The lowest BCUT2D eigenvalue weighted by Crippen LogP contribution is -2.41. The number of benzene rings is 2. The van der Waals surface area contributed by atoms with Crippen LogP contribution in [0, 0.1) is 11.6 Å². The van der Waals surface area contributed by atoms with Crippen LogP contribution in [0.1, 0.15) is 36.7 Å². The predicted molar refractivity (Wildman–Crippen MR) is 124 cm³/mol. The normalized spacial score (nSPS) is 11.7. The van der Waals surface area contributed by atoms with Crippen molar-refractivity contribution in [2.45, 2.75) is 26.4 Å². The highest BCUT2D eigenvalue weighted by Gasteiger charge is 2.32. The Hall–Kier alpha value is -3.07. The average molecular weight is 469 g/mol. The maximum absolute atomic E-state index is 15.5. The molecule has 0 atom stereocenters. The first-order valence-corrected chi connectivity index (χ1v) is 10.5. The number of halogens is 3. The summed E-state index contributed by atoms with van der Waals surface area (Å²) in [5.74, 6) is -1.24. The molecule has 2 aromatic heterocycles. The van der Waals surface area contributed by atoms with E-state index in [0.717, 1.165) is 0 Å². The number of imidazole rings is 1. The zero-order valence-electron chi connectivity index (χ0n) is 18.1. The molecule has 5 nitrogen and oxygen atoms in total. The zero-order chi connectivity index (χ0) is 23.9. The number of aromatic nitrogens is 2. The number of pyridine rings is 1. The smallest absolute Gasteiger partial charge is 0.423 e. The molecule has 0 amide bonds. The van der Waals surface area contributed by atoms with Crippen molar-refractivity contribution in [3.63, 3.8) is 0 Å². The minimum Gasteiger partial charge on any atom is -0.423 e. The van der Waals surface area contributed by atoms with Crippen LogP contribution in [0.25, 0.3) is 16.9 Å². The fraction of sp³-hybridized carbons (Fsp3) is 0.167. The molecule has 4 aromatic rings. The molecule has 0 bridgehead atoms. The van der Waals surface area contributed by atoms with E-state index in [-0.39, 0.29) is 22.0 Å². The fourth-order valence-electron chi connectivity index (χ4n) is 3.64. The van der Waals surface area contributed by atoms with E-state index in [0.29, 0.717) is 22.3 Å². The van der Waals surface area contributed by atoms with Crippen LogP contribution >= 0.6 is 11.6 Å². The summed E-state index contributed by atoms with van der Waals surface area (Å²) in [5.41, 5.74) is 1.12. The average Bonchev–Trinajstić information content (AvgIpc) is 3.20. The lowest BCUT2D eigenvalue weighted by Gasteiger charge is -2.28. The Morgan fingerprint density at radius 2 is 1.85 bits per heavy atom. The number of Topliss-reactive ketones (excluding diaryl/α,β-unsaturated/α-hetero) is 1. The molecule has 0 spiro atoms. The van der Waals surface area contributed by atoms with Crippen molar-refractivity contribution in [1.82, 2.24) is 9.38 Å². The molecule has 33 heavy (non-hydrogen) atoms. The highest BCUT2D eigenvalue weighted by atomic mass is 35.5. The van der Waals surface area contributed by atoms with Crippen molar-refractivity contribution >= 4 is 35.6 Å². The third-order valence-corrected chi connectivity index (χ3v) is 5.78. The van der Waals surface area contributed by atoms with Gasteiger partial charge in [0.05, 0.1) is 22.5 Å². The monoisotopic (exact) mass is 468 g/mol. The summed E-state index contributed by atoms with van der Waals surface area (Å²) in [6.07, 6.45) is 3.11. The lowest BCUT2D eigenvalue weighted by molar-refractivity contribution is 0.0823. The zero-order valence-corrected chi connectivity index (χ0v) is 18.9. The molecular weight excluding hydrogens is 449 g/mol. The summed E-state index contributed by atoms with van der Waals surface area (Å²) in [5, 5.41) is 10.5. The van der Waals surface area contributed by atoms with Gasteiger partial charge in [0.15, 0.2) is 17.2 Å². The topological polar surface area (TPSA) is 63.8 Å². The second-order valence-electron chi connectivity index (χ2n) is 8.17. The molecule has 2 aromatic carbocycles. The van der Waals surface area contributed by atoms with Gasteiger partial charge in [-0.3, -0.25) is 9.20 Å². The van der Waals surface area contributed by atoms with Gasteiger partial charge in [-0.25, -0.2) is 13.8 Å². The number of hydrogen-bond donors (Lipinski definition) is 1. The number of rotatable bonds is 6. The van der Waals surface area contributed by atoms with Crippen LogP contribution in [0.15, 0.2) is 60.9 Å². The first-order chi connectivity index (χ1) is 15.6. The Morgan fingerprint density at radius 1 is 1.15 bits per heavy atom. The standard InChI is InChI=1S/C24H20BClF2N2O3/c1-14(31)15-4-7-17(8-5-15)25(32)33-24(2,3)18-10-11-30-21(13-29-23(30)22(18)28)16-6-9-20(27)19(26)12-16/h4-13,32H,1-3H3. The Balaban J connectivity index is 1.65.